The second kappa shape index (κ2) is 8.64. The van der Waals surface area contributed by atoms with Crippen molar-refractivity contribution in [3.8, 4) is 11.6 Å². The molecule has 0 saturated carbocycles. The molecule has 0 aliphatic heterocycles. The summed E-state index contributed by atoms with van der Waals surface area (Å²) in [7, 11) is 0. The third kappa shape index (κ3) is 4.62. The van der Waals surface area contributed by atoms with Crippen LogP contribution >= 0.6 is 0 Å². The van der Waals surface area contributed by atoms with Gasteiger partial charge in [0.15, 0.2) is 11.6 Å². The molecule has 134 valence electrons. The van der Waals surface area contributed by atoms with E-state index in [1.807, 2.05) is 97.1 Å². The second-order valence-electron chi connectivity index (χ2n) is 6.10. The van der Waals surface area contributed by atoms with Gasteiger partial charge in [0.05, 0.1) is 11.4 Å². The summed E-state index contributed by atoms with van der Waals surface area (Å²) in [6, 6.07) is 23.9. The highest BCUT2D eigenvalue weighted by Gasteiger charge is 2.05. The van der Waals surface area contributed by atoms with Gasteiger partial charge in [-0.05, 0) is 35.4 Å². The first-order valence-electron chi connectivity index (χ1n) is 8.99. The highest BCUT2D eigenvalue weighted by atomic mass is 15.0. The van der Waals surface area contributed by atoms with Crippen LogP contribution in [0.5, 0.6) is 0 Å². The zero-order chi connectivity index (χ0) is 19.0. The van der Waals surface area contributed by atoms with E-state index in [0.717, 1.165) is 22.5 Å². The highest BCUT2D eigenvalue weighted by Crippen LogP contribution is 2.13. The van der Waals surface area contributed by atoms with E-state index in [4.69, 9.17) is 0 Å². The third-order valence-electron chi connectivity index (χ3n) is 4.05. The lowest BCUT2D eigenvalue weighted by Crippen LogP contribution is -1.97. The summed E-state index contributed by atoms with van der Waals surface area (Å²) in [5.41, 5.74) is 3.85. The number of rotatable bonds is 5. The van der Waals surface area contributed by atoms with E-state index in [9.17, 15) is 0 Å². The van der Waals surface area contributed by atoms with Gasteiger partial charge in [-0.3, -0.25) is 0 Å². The first kappa shape index (κ1) is 17.5. The molecular formula is C24H18N4. The largest absolute Gasteiger partial charge is 0.234 e. The molecule has 4 rings (SSSR count). The van der Waals surface area contributed by atoms with Crippen molar-refractivity contribution in [2.45, 2.75) is 0 Å². The lowest BCUT2D eigenvalue weighted by Gasteiger charge is -2.01. The Labute approximate surface area is 164 Å². The fourth-order valence-electron chi connectivity index (χ4n) is 2.64. The molecule has 0 aliphatic rings. The smallest absolute Gasteiger partial charge is 0.198 e. The van der Waals surface area contributed by atoms with Crippen LogP contribution in [0.2, 0.25) is 0 Å². The van der Waals surface area contributed by atoms with Crippen LogP contribution in [0.15, 0.2) is 85.2 Å². The maximum absolute atomic E-state index is 4.57. The average Bonchev–Trinajstić information content (AvgIpc) is 2.78. The van der Waals surface area contributed by atoms with Gasteiger partial charge in [0.2, 0.25) is 0 Å². The van der Waals surface area contributed by atoms with Gasteiger partial charge in [-0.2, -0.15) is 0 Å². The normalized spacial score (nSPS) is 11.3. The van der Waals surface area contributed by atoms with Crippen molar-refractivity contribution in [1.29, 1.82) is 0 Å². The molecule has 0 amide bonds. The molecule has 2 heterocycles. The van der Waals surface area contributed by atoms with E-state index in [2.05, 4.69) is 19.9 Å². The van der Waals surface area contributed by atoms with E-state index in [0.29, 0.717) is 11.6 Å². The first-order chi connectivity index (χ1) is 13.9. The van der Waals surface area contributed by atoms with Crippen LogP contribution in [0.25, 0.3) is 36.0 Å². The molecule has 2 aromatic heterocycles. The SMILES string of the molecule is C(=C\c1ccnc(-c2nccc(/C=C/c3ccccc3)n2)n1)/c1ccccc1. The zero-order valence-corrected chi connectivity index (χ0v) is 15.2. The van der Waals surface area contributed by atoms with Crippen molar-refractivity contribution in [2.24, 2.45) is 0 Å². The minimum Gasteiger partial charge on any atom is -0.234 e. The molecular weight excluding hydrogens is 344 g/mol. The Morgan fingerprint density at radius 2 is 0.893 bits per heavy atom. The van der Waals surface area contributed by atoms with E-state index in [1.54, 1.807) is 12.4 Å². The van der Waals surface area contributed by atoms with Crippen LogP contribution in [0.1, 0.15) is 22.5 Å². The average molecular weight is 362 g/mol. The number of benzene rings is 2. The molecule has 2 aromatic carbocycles. The van der Waals surface area contributed by atoms with E-state index in [1.165, 1.54) is 0 Å². The zero-order valence-electron chi connectivity index (χ0n) is 15.2. The van der Waals surface area contributed by atoms with Gasteiger partial charge in [0.25, 0.3) is 0 Å². The van der Waals surface area contributed by atoms with E-state index in [-0.39, 0.29) is 0 Å². The summed E-state index contributed by atoms with van der Waals surface area (Å²) in [4.78, 5) is 17.8. The summed E-state index contributed by atoms with van der Waals surface area (Å²) in [5.74, 6) is 1.01. The molecule has 0 aliphatic carbocycles. The maximum atomic E-state index is 4.57. The molecule has 28 heavy (non-hydrogen) atoms. The lowest BCUT2D eigenvalue weighted by molar-refractivity contribution is 1.07. The number of aromatic nitrogens is 4. The Morgan fingerprint density at radius 1 is 0.464 bits per heavy atom. The molecule has 0 bridgehead atoms. The molecule has 0 atom stereocenters. The molecule has 0 unspecified atom stereocenters. The Hall–Kier alpha value is -3.92. The second-order valence-corrected chi connectivity index (χ2v) is 6.10. The Bertz CT molecular complexity index is 1010. The summed E-state index contributed by atoms with van der Waals surface area (Å²) < 4.78 is 0. The minimum atomic E-state index is 0.505. The van der Waals surface area contributed by atoms with Crippen LogP contribution in [0, 0.1) is 0 Å². The summed E-state index contributed by atoms with van der Waals surface area (Å²) >= 11 is 0. The number of hydrogen-bond donors (Lipinski definition) is 0. The molecule has 0 spiro atoms. The third-order valence-corrected chi connectivity index (χ3v) is 4.05. The molecule has 4 heteroatoms. The highest BCUT2D eigenvalue weighted by molar-refractivity contribution is 5.69. The van der Waals surface area contributed by atoms with Gasteiger partial charge < -0.3 is 0 Å². The summed E-state index contributed by atoms with van der Waals surface area (Å²) in [6.45, 7) is 0. The van der Waals surface area contributed by atoms with Crippen LogP contribution in [0.3, 0.4) is 0 Å². The van der Waals surface area contributed by atoms with Crippen molar-refractivity contribution >= 4 is 24.3 Å². The Kier molecular flexibility index (Phi) is 5.40. The van der Waals surface area contributed by atoms with Crippen molar-refractivity contribution in [3.05, 3.63) is 108 Å². The monoisotopic (exact) mass is 362 g/mol. The van der Waals surface area contributed by atoms with Crippen LogP contribution in [-0.2, 0) is 0 Å². The minimum absolute atomic E-state index is 0.505. The summed E-state index contributed by atoms with van der Waals surface area (Å²) in [5, 5.41) is 0. The topological polar surface area (TPSA) is 51.6 Å². The fraction of sp³-hybridized carbons (Fsp3) is 0. The van der Waals surface area contributed by atoms with Crippen molar-refractivity contribution in [1.82, 2.24) is 19.9 Å². The van der Waals surface area contributed by atoms with Crippen molar-refractivity contribution in [3.63, 3.8) is 0 Å². The quantitative estimate of drug-likeness (QED) is 0.485. The number of nitrogens with zero attached hydrogens (tertiary/aromatic N) is 4. The van der Waals surface area contributed by atoms with Gasteiger partial charge in [0, 0.05) is 12.4 Å². The van der Waals surface area contributed by atoms with E-state index < -0.39 is 0 Å². The molecule has 0 fully saturated rings. The Morgan fingerprint density at radius 3 is 1.32 bits per heavy atom. The fourth-order valence-corrected chi connectivity index (χ4v) is 2.64. The van der Waals surface area contributed by atoms with E-state index >= 15 is 0 Å². The van der Waals surface area contributed by atoms with Gasteiger partial charge in [-0.25, -0.2) is 19.9 Å². The maximum Gasteiger partial charge on any atom is 0.198 e. The predicted molar refractivity (Wildman–Crippen MR) is 114 cm³/mol. The molecule has 4 aromatic rings. The van der Waals surface area contributed by atoms with Crippen LogP contribution in [0.4, 0.5) is 0 Å². The predicted octanol–water partition coefficient (Wildman–Crippen LogP) is 5.27. The molecule has 0 N–H and O–H groups in total. The first-order valence-corrected chi connectivity index (χ1v) is 8.99. The van der Waals surface area contributed by atoms with Crippen LogP contribution in [-0.4, -0.2) is 19.9 Å². The van der Waals surface area contributed by atoms with Gasteiger partial charge in [0.1, 0.15) is 0 Å². The molecule has 0 saturated heterocycles. The number of hydrogen-bond acceptors (Lipinski definition) is 4. The molecule has 4 nitrogen and oxygen atoms in total. The lowest BCUT2D eigenvalue weighted by atomic mass is 10.2. The van der Waals surface area contributed by atoms with Crippen molar-refractivity contribution < 1.29 is 0 Å². The standard InChI is InChI=1S/C24H18N4/c1-3-7-19(8-4-1)11-13-21-15-17-25-23(27-21)24-26-18-16-22(28-24)14-12-20-9-5-2-6-10-20/h1-18H/b13-11+,14-12+. The van der Waals surface area contributed by atoms with Crippen LogP contribution < -0.4 is 0 Å². The van der Waals surface area contributed by atoms with Gasteiger partial charge in [-0.15, -0.1) is 0 Å². The van der Waals surface area contributed by atoms with Gasteiger partial charge >= 0.3 is 0 Å². The molecule has 0 radical (unpaired) electrons. The summed E-state index contributed by atoms with van der Waals surface area (Å²) in [6.07, 6.45) is 11.4. The van der Waals surface area contributed by atoms with Gasteiger partial charge in [-0.1, -0.05) is 72.8 Å². The van der Waals surface area contributed by atoms with Crippen molar-refractivity contribution in [2.75, 3.05) is 0 Å². The Balaban J connectivity index is 1.56.